The fourth-order valence-electron chi connectivity index (χ4n) is 2.14. The van der Waals surface area contributed by atoms with Crippen molar-refractivity contribution in [2.75, 3.05) is 6.61 Å². The fraction of sp³-hybridized carbons (Fsp3) is 0.471. The van der Waals surface area contributed by atoms with E-state index in [1.54, 1.807) is 24.3 Å². The highest BCUT2D eigenvalue weighted by molar-refractivity contribution is 9.10. The van der Waals surface area contributed by atoms with E-state index in [2.05, 4.69) is 21.2 Å². The molecule has 0 saturated heterocycles. The second kappa shape index (κ2) is 10.1. The molecule has 7 heteroatoms. The van der Waals surface area contributed by atoms with E-state index in [0.29, 0.717) is 18.4 Å². The predicted molar refractivity (Wildman–Crippen MR) is 94.6 cm³/mol. The molecule has 1 aromatic carbocycles. The quantitative estimate of drug-likeness (QED) is 0.379. The number of rotatable bonds is 9. The van der Waals surface area contributed by atoms with Gasteiger partial charge in [-0.15, -0.1) is 0 Å². The molecule has 0 aliphatic heterocycles. The van der Waals surface area contributed by atoms with Crippen LogP contribution in [0.2, 0.25) is 0 Å². The van der Waals surface area contributed by atoms with Crippen LogP contribution < -0.4 is 11.1 Å². The summed E-state index contributed by atoms with van der Waals surface area (Å²) >= 11 is 3.31. The number of amides is 2. The van der Waals surface area contributed by atoms with Crippen molar-refractivity contribution in [2.24, 2.45) is 11.7 Å². The third-order valence-corrected chi connectivity index (χ3v) is 3.80. The lowest BCUT2D eigenvalue weighted by atomic mass is 10.0. The molecule has 24 heavy (non-hydrogen) atoms. The standard InChI is InChI=1S/C17H23BrN2O4/c1-11(2)10-14(20-17(19)23)16(22)24-9-3-4-15(21)12-5-7-13(18)8-6-12/h5-8,11,14H,3-4,9-10H2,1-2H3,(H3,19,20,23). The van der Waals surface area contributed by atoms with Crippen LogP contribution in [-0.4, -0.2) is 30.4 Å². The van der Waals surface area contributed by atoms with Gasteiger partial charge >= 0.3 is 12.0 Å². The molecule has 1 rings (SSSR count). The number of urea groups is 1. The molecule has 0 fully saturated rings. The molecule has 0 bridgehead atoms. The van der Waals surface area contributed by atoms with Crippen molar-refractivity contribution in [1.29, 1.82) is 0 Å². The van der Waals surface area contributed by atoms with Gasteiger partial charge in [0, 0.05) is 16.5 Å². The normalized spacial score (nSPS) is 11.8. The third kappa shape index (κ3) is 7.59. The monoisotopic (exact) mass is 398 g/mol. The number of Topliss-reactive ketones (excluding diaryl/α,β-unsaturated/α-hetero) is 1. The van der Waals surface area contributed by atoms with Crippen LogP contribution in [0.25, 0.3) is 0 Å². The van der Waals surface area contributed by atoms with Gasteiger partial charge in [-0.2, -0.15) is 0 Å². The average molecular weight is 399 g/mol. The van der Waals surface area contributed by atoms with Gasteiger partial charge in [-0.1, -0.05) is 41.9 Å². The molecule has 132 valence electrons. The van der Waals surface area contributed by atoms with Crippen molar-refractivity contribution >= 4 is 33.7 Å². The van der Waals surface area contributed by atoms with E-state index >= 15 is 0 Å². The van der Waals surface area contributed by atoms with Crippen molar-refractivity contribution in [3.63, 3.8) is 0 Å². The molecule has 3 N–H and O–H groups in total. The van der Waals surface area contributed by atoms with E-state index in [-0.39, 0.29) is 24.7 Å². The molecule has 0 aliphatic rings. The molecule has 1 aromatic rings. The lowest BCUT2D eigenvalue weighted by Gasteiger charge is -2.18. The number of primary amides is 1. The van der Waals surface area contributed by atoms with E-state index in [0.717, 1.165) is 4.47 Å². The number of nitrogens with one attached hydrogen (secondary N) is 1. The minimum absolute atomic E-state index is 0.00691. The predicted octanol–water partition coefficient (Wildman–Crippen LogP) is 3.04. The van der Waals surface area contributed by atoms with Gasteiger partial charge in [-0.05, 0) is 30.9 Å². The summed E-state index contributed by atoms with van der Waals surface area (Å²) in [6.45, 7) is 3.98. The van der Waals surface area contributed by atoms with E-state index in [9.17, 15) is 14.4 Å². The van der Waals surface area contributed by atoms with Crippen LogP contribution in [0.1, 0.15) is 43.5 Å². The summed E-state index contributed by atoms with van der Waals surface area (Å²) in [6, 6.07) is 5.58. The minimum atomic E-state index is -0.761. The number of carbonyl (C=O) groups excluding carboxylic acids is 3. The molecule has 0 aromatic heterocycles. The van der Waals surface area contributed by atoms with Crippen LogP contribution >= 0.6 is 15.9 Å². The summed E-state index contributed by atoms with van der Waals surface area (Å²) in [7, 11) is 0. The third-order valence-electron chi connectivity index (χ3n) is 3.27. The van der Waals surface area contributed by atoms with Crippen molar-refractivity contribution in [2.45, 2.75) is 39.2 Å². The Kier molecular flexibility index (Phi) is 8.46. The number of ketones is 1. The largest absolute Gasteiger partial charge is 0.464 e. The minimum Gasteiger partial charge on any atom is -0.464 e. The van der Waals surface area contributed by atoms with Gasteiger partial charge in [-0.3, -0.25) is 4.79 Å². The number of ether oxygens (including phenoxy) is 1. The Bertz CT molecular complexity index is 572. The van der Waals surface area contributed by atoms with E-state index in [4.69, 9.17) is 10.5 Å². The molecule has 0 heterocycles. The van der Waals surface area contributed by atoms with Gasteiger partial charge < -0.3 is 15.8 Å². The van der Waals surface area contributed by atoms with Crippen LogP contribution in [0.5, 0.6) is 0 Å². The highest BCUT2D eigenvalue weighted by Crippen LogP contribution is 2.13. The number of halogens is 1. The van der Waals surface area contributed by atoms with Crippen molar-refractivity contribution in [3.8, 4) is 0 Å². The van der Waals surface area contributed by atoms with Crippen LogP contribution in [0.15, 0.2) is 28.7 Å². The number of nitrogens with two attached hydrogens (primary N) is 1. The first-order valence-electron chi connectivity index (χ1n) is 7.81. The smallest absolute Gasteiger partial charge is 0.328 e. The molecule has 1 atom stereocenters. The van der Waals surface area contributed by atoms with Crippen molar-refractivity contribution in [3.05, 3.63) is 34.3 Å². The van der Waals surface area contributed by atoms with Gasteiger partial charge in [0.05, 0.1) is 6.61 Å². The molecule has 0 radical (unpaired) electrons. The van der Waals surface area contributed by atoms with Gasteiger partial charge in [0.15, 0.2) is 5.78 Å². The molecular formula is C17H23BrN2O4. The molecule has 1 unspecified atom stereocenters. The van der Waals surface area contributed by atoms with Gasteiger partial charge in [0.25, 0.3) is 0 Å². The highest BCUT2D eigenvalue weighted by Gasteiger charge is 2.22. The summed E-state index contributed by atoms with van der Waals surface area (Å²) < 4.78 is 6.05. The van der Waals surface area contributed by atoms with E-state index < -0.39 is 18.0 Å². The van der Waals surface area contributed by atoms with Gasteiger partial charge in [-0.25, -0.2) is 9.59 Å². The Labute approximate surface area is 150 Å². The molecule has 0 aliphatic carbocycles. The Balaban J connectivity index is 2.39. The second-order valence-electron chi connectivity index (χ2n) is 5.89. The highest BCUT2D eigenvalue weighted by atomic mass is 79.9. The maximum absolute atomic E-state index is 12.0. The second-order valence-corrected chi connectivity index (χ2v) is 6.81. The molecule has 0 saturated carbocycles. The SMILES string of the molecule is CC(C)CC(NC(N)=O)C(=O)OCCCC(=O)c1ccc(Br)cc1. The molecule has 6 nitrogen and oxygen atoms in total. The summed E-state index contributed by atoms with van der Waals surface area (Å²) in [4.78, 5) is 34.9. The van der Waals surface area contributed by atoms with Crippen molar-refractivity contribution in [1.82, 2.24) is 5.32 Å². The topological polar surface area (TPSA) is 98.5 Å². The van der Waals surface area contributed by atoms with Crippen LogP contribution in [0, 0.1) is 5.92 Å². The molecule has 2 amide bonds. The summed E-state index contributed by atoms with van der Waals surface area (Å²) in [5, 5.41) is 2.38. The average Bonchev–Trinajstić information content (AvgIpc) is 2.50. The Morgan fingerprint density at radius 2 is 1.83 bits per heavy atom. The van der Waals surface area contributed by atoms with Crippen LogP contribution in [0.4, 0.5) is 4.79 Å². The van der Waals surface area contributed by atoms with Crippen LogP contribution in [0.3, 0.4) is 0 Å². The zero-order valence-corrected chi connectivity index (χ0v) is 15.5. The first kappa shape index (κ1) is 20.2. The number of carbonyl (C=O) groups is 3. The number of esters is 1. The number of benzene rings is 1. The zero-order chi connectivity index (χ0) is 18.1. The zero-order valence-electron chi connectivity index (χ0n) is 13.9. The summed E-state index contributed by atoms with van der Waals surface area (Å²) in [5.41, 5.74) is 5.69. The Hall–Kier alpha value is -1.89. The van der Waals surface area contributed by atoms with E-state index in [1.807, 2.05) is 13.8 Å². The Morgan fingerprint density at radius 3 is 2.38 bits per heavy atom. The molecular weight excluding hydrogens is 376 g/mol. The molecule has 0 spiro atoms. The lowest BCUT2D eigenvalue weighted by molar-refractivity contribution is -0.146. The number of hydrogen-bond acceptors (Lipinski definition) is 4. The van der Waals surface area contributed by atoms with Crippen molar-refractivity contribution < 1.29 is 19.1 Å². The van der Waals surface area contributed by atoms with E-state index in [1.165, 1.54) is 0 Å². The van der Waals surface area contributed by atoms with Crippen LogP contribution in [-0.2, 0) is 9.53 Å². The maximum Gasteiger partial charge on any atom is 0.328 e. The number of hydrogen-bond donors (Lipinski definition) is 2. The van der Waals surface area contributed by atoms with Gasteiger partial charge in [0.1, 0.15) is 6.04 Å². The Morgan fingerprint density at radius 1 is 1.21 bits per heavy atom. The summed E-state index contributed by atoms with van der Waals surface area (Å²) in [6.07, 6.45) is 1.15. The first-order valence-corrected chi connectivity index (χ1v) is 8.60. The lowest BCUT2D eigenvalue weighted by Crippen LogP contribution is -2.45. The van der Waals surface area contributed by atoms with Gasteiger partial charge in [0.2, 0.25) is 0 Å². The summed E-state index contributed by atoms with van der Waals surface area (Å²) in [5.74, 6) is -0.334. The maximum atomic E-state index is 12.0. The first-order chi connectivity index (χ1) is 11.3. The fourth-order valence-corrected chi connectivity index (χ4v) is 2.41.